The maximum atomic E-state index is 13.8. The first-order chi connectivity index (χ1) is 36.5. The van der Waals surface area contributed by atoms with Crippen molar-refractivity contribution in [2.75, 3.05) is 26.4 Å². The zero-order valence-corrected chi connectivity index (χ0v) is 47.0. The van der Waals surface area contributed by atoms with Crippen LogP contribution in [0.15, 0.2) is 0 Å². The molecule has 76 heavy (non-hydrogen) atoms. The first kappa shape index (κ1) is 69.2. The van der Waals surface area contributed by atoms with Crippen LogP contribution in [0.3, 0.4) is 0 Å². The largest absolute Gasteiger partial charge is 0.472 e. The minimum Gasteiger partial charge on any atom is -0.463 e. The summed E-state index contributed by atoms with van der Waals surface area (Å²) in [5.41, 5.74) is 0. The molecule has 0 aromatic carbocycles. The first-order valence-corrected chi connectivity index (χ1v) is 30.8. The lowest BCUT2D eigenvalue weighted by molar-refractivity contribution is -0.360. The van der Waals surface area contributed by atoms with E-state index in [0.29, 0.717) is 19.4 Å². The van der Waals surface area contributed by atoms with Gasteiger partial charge in [-0.15, -0.1) is 0 Å². The van der Waals surface area contributed by atoms with Crippen molar-refractivity contribution >= 4 is 13.8 Å². The van der Waals surface area contributed by atoms with Crippen molar-refractivity contribution in [1.82, 2.24) is 0 Å². The van der Waals surface area contributed by atoms with Crippen LogP contribution >= 0.6 is 7.82 Å². The first-order valence-electron chi connectivity index (χ1n) is 29.3. The Morgan fingerprint density at radius 1 is 0.487 bits per heavy atom. The van der Waals surface area contributed by atoms with Gasteiger partial charge in [-0.2, -0.15) is 0 Å². The van der Waals surface area contributed by atoms with Crippen LogP contribution in [0.25, 0.3) is 0 Å². The zero-order chi connectivity index (χ0) is 55.9. The third kappa shape index (κ3) is 25.0. The molecular weight excluding hydrogens is 1020 g/mol. The lowest BCUT2D eigenvalue weighted by atomic mass is 9.84. The molecule has 8 unspecified atom stereocenters. The highest BCUT2D eigenvalue weighted by atomic mass is 31.2. The molecule has 1 saturated carbocycles. The summed E-state index contributed by atoms with van der Waals surface area (Å²) in [7, 11) is -5.34. The van der Waals surface area contributed by atoms with Gasteiger partial charge in [0.2, 0.25) is 0 Å². The number of aliphatic hydroxyl groups excluding tert-OH is 10. The molecule has 0 aromatic rings. The van der Waals surface area contributed by atoms with E-state index in [4.69, 9.17) is 37.5 Å². The summed E-state index contributed by atoms with van der Waals surface area (Å²) in [5, 5.41) is 108. The van der Waals surface area contributed by atoms with Gasteiger partial charge in [-0.25, -0.2) is 4.57 Å². The fraction of sp³-hybridized carbons (Fsp3) is 0.981. The maximum Gasteiger partial charge on any atom is 0.472 e. The Hall–Kier alpha value is -1.02. The van der Waals surface area contributed by atoms with Gasteiger partial charge in [-0.1, -0.05) is 181 Å². The molecule has 21 nitrogen and oxygen atoms in total. The van der Waals surface area contributed by atoms with Crippen LogP contribution in [0.1, 0.15) is 207 Å². The van der Waals surface area contributed by atoms with E-state index >= 15 is 0 Å². The Morgan fingerprint density at radius 3 is 1.29 bits per heavy atom. The molecule has 1 aliphatic carbocycles. The molecule has 3 rings (SSSR count). The van der Waals surface area contributed by atoms with E-state index in [2.05, 4.69) is 13.8 Å². The maximum absolute atomic E-state index is 13.8. The molecule has 11 N–H and O–H groups in total. The van der Waals surface area contributed by atoms with Crippen molar-refractivity contribution in [2.24, 2.45) is 0 Å². The van der Waals surface area contributed by atoms with Crippen molar-refractivity contribution in [3.63, 3.8) is 0 Å². The fourth-order valence-electron chi connectivity index (χ4n) is 9.98. The van der Waals surface area contributed by atoms with Crippen LogP contribution in [-0.2, 0) is 46.8 Å². The summed E-state index contributed by atoms with van der Waals surface area (Å²) >= 11 is 0. The van der Waals surface area contributed by atoms with Gasteiger partial charge in [0.1, 0.15) is 92.1 Å². The molecular formula is C54H103O21P. The predicted octanol–water partition coefficient (Wildman–Crippen LogP) is 5.26. The highest BCUT2D eigenvalue weighted by molar-refractivity contribution is 7.47. The van der Waals surface area contributed by atoms with E-state index in [1.165, 1.54) is 116 Å². The Kier molecular flexibility index (Phi) is 35.9. The number of phosphoric acid groups is 1. The van der Waals surface area contributed by atoms with Gasteiger partial charge in [0.05, 0.1) is 19.3 Å². The second-order valence-corrected chi connectivity index (χ2v) is 22.8. The number of ether oxygens (including phenoxy) is 6. The number of phosphoric ester groups is 1. The van der Waals surface area contributed by atoms with Crippen molar-refractivity contribution in [3.05, 3.63) is 0 Å². The summed E-state index contributed by atoms with van der Waals surface area (Å²) in [6.45, 7) is 4.60. The minimum atomic E-state index is -5.34. The number of aliphatic hydroxyl groups is 10. The molecule has 0 radical (unpaired) electrons. The standard InChI is InChI=1S/C54H103O21P/c1-4-7-9-11-13-15-17-19-21-23-25-27-29-31-33-68-37(6-3)35-70-76(66,67)75-52-50(73-53-48(64)43(59)41(57)38(34-55)71-53)46(62)45(61)47(63)51(52)74-54-49(65)44(60)42(58)39(72-54)36-69-40(56)32-30-28-26-24-22-20-18-16-14-12-10-8-5-2/h37-39,41-55,57-65H,4-36H2,1-3H3,(H,66,67)/t37-,38?,39?,41-,42-,43?,44+,45+,46+,47?,48-,49?,50?,51?,52+,53-,54-/m1/s1. The molecule has 2 heterocycles. The van der Waals surface area contributed by atoms with Crippen LogP contribution in [0, 0.1) is 0 Å². The SMILES string of the molecule is CCCCCCCCCCCCCCCCO[C@H](CC)COP(=O)(O)O[C@@H]1C(O[C@H]2OC(COC(=O)CCCCCCCCCCCCCCC)[C@@H](O)[C@H](O)C2O)C(O)[C@@H](O)[C@H](O)C1O[C@H]1OC(CO)[C@@H](O)C(O)[C@H]1O. The number of carbonyl (C=O) groups is 1. The molecule has 0 amide bonds. The third-order valence-corrected chi connectivity index (χ3v) is 16.0. The van der Waals surface area contributed by atoms with E-state index in [0.717, 1.165) is 51.4 Å². The normalized spacial score (nSPS) is 32.3. The summed E-state index contributed by atoms with van der Waals surface area (Å²) in [5.74, 6) is -0.609. The molecule has 450 valence electrons. The molecule has 2 aliphatic heterocycles. The fourth-order valence-corrected chi connectivity index (χ4v) is 10.9. The summed E-state index contributed by atoms with van der Waals surface area (Å²) in [4.78, 5) is 23.9. The Balaban J connectivity index is 1.62. The Labute approximate surface area is 452 Å². The number of hydrogen-bond donors (Lipinski definition) is 11. The summed E-state index contributed by atoms with van der Waals surface area (Å²) < 4.78 is 59.0. The Morgan fingerprint density at radius 2 is 0.868 bits per heavy atom. The quantitative estimate of drug-likeness (QED) is 0.0211. The lowest BCUT2D eigenvalue weighted by Gasteiger charge is -2.49. The molecule has 3 aliphatic rings. The average molecular weight is 1120 g/mol. The molecule has 2 saturated heterocycles. The zero-order valence-electron chi connectivity index (χ0n) is 46.1. The van der Waals surface area contributed by atoms with Gasteiger partial charge in [0.15, 0.2) is 12.6 Å². The van der Waals surface area contributed by atoms with Crippen LogP contribution in [0.5, 0.6) is 0 Å². The van der Waals surface area contributed by atoms with E-state index in [9.17, 15) is 65.3 Å². The van der Waals surface area contributed by atoms with Crippen LogP contribution in [-0.4, -0.2) is 192 Å². The van der Waals surface area contributed by atoms with E-state index in [1.807, 2.05) is 0 Å². The number of esters is 1. The third-order valence-electron chi connectivity index (χ3n) is 15.0. The topological polar surface area (TPSA) is 331 Å². The highest BCUT2D eigenvalue weighted by Crippen LogP contribution is 2.49. The Bertz CT molecular complexity index is 1520. The van der Waals surface area contributed by atoms with E-state index in [-0.39, 0.29) is 6.42 Å². The van der Waals surface area contributed by atoms with Crippen molar-refractivity contribution in [2.45, 2.75) is 311 Å². The molecule has 22 heteroatoms. The predicted molar refractivity (Wildman–Crippen MR) is 280 cm³/mol. The number of hydrogen-bond acceptors (Lipinski definition) is 20. The second kappa shape index (κ2) is 39.4. The summed E-state index contributed by atoms with van der Waals surface area (Å²) in [6.07, 6.45) is -1.20. The molecule has 0 bridgehead atoms. The van der Waals surface area contributed by atoms with Crippen LogP contribution in [0.4, 0.5) is 0 Å². The van der Waals surface area contributed by atoms with Crippen molar-refractivity contribution < 1.29 is 103 Å². The highest BCUT2D eigenvalue weighted by Gasteiger charge is 2.58. The smallest absolute Gasteiger partial charge is 0.463 e. The summed E-state index contributed by atoms with van der Waals surface area (Å²) in [6, 6.07) is 0. The molecule has 3 fully saturated rings. The average Bonchev–Trinajstić information content (AvgIpc) is 3.40. The van der Waals surface area contributed by atoms with Gasteiger partial charge in [-0.05, 0) is 19.3 Å². The second-order valence-electron chi connectivity index (χ2n) is 21.4. The van der Waals surface area contributed by atoms with E-state index in [1.54, 1.807) is 6.92 Å². The number of rotatable bonds is 43. The van der Waals surface area contributed by atoms with Crippen molar-refractivity contribution in [1.29, 1.82) is 0 Å². The number of carbonyl (C=O) groups excluding carboxylic acids is 1. The van der Waals surface area contributed by atoms with Crippen LogP contribution in [0.2, 0.25) is 0 Å². The van der Waals surface area contributed by atoms with Gasteiger partial charge < -0.3 is 84.4 Å². The molecule has 0 spiro atoms. The van der Waals surface area contributed by atoms with Gasteiger partial charge in [-0.3, -0.25) is 13.8 Å². The van der Waals surface area contributed by atoms with Crippen LogP contribution < -0.4 is 0 Å². The monoisotopic (exact) mass is 1120 g/mol. The minimum absolute atomic E-state index is 0.0724. The molecule has 18 atom stereocenters. The lowest BCUT2D eigenvalue weighted by Crippen LogP contribution is -2.69. The van der Waals surface area contributed by atoms with Gasteiger partial charge in [0, 0.05) is 13.0 Å². The van der Waals surface area contributed by atoms with Gasteiger partial charge in [0.25, 0.3) is 0 Å². The van der Waals surface area contributed by atoms with E-state index < -0.39 is 138 Å². The molecule has 0 aromatic heterocycles. The van der Waals surface area contributed by atoms with Crippen molar-refractivity contribution in [3.8, 4) is 0 Å². The van der Waals surface area contributed by atoms with Gasteiger partial charge >= 0.3 is 13.8 Å². The number of unbranched alkanes of at least 4 members (excludes halogenated alkanes) is 25.